The van der Waals surface area contributed by atoms with E-state index in [1.165, 1.54) is 5.69 Å². The summed E-state index contributed by atoms with van der Waals surface area (Å²) in [7, 11) is 4.21. The predicted molar refractivity (Wildman–Crippen MR) is 87.7 cm³/mol. The summed E-state index contributed by atoms with van der Waals surface area (Å²) in [5.41, 5.74) is 7.85. The van der Waals surface area contributed by atoms with Gasteiger partial charge in [-0.15, -0.1) is 0 Å². The number of nitrogens with zero attached hydrogens (tertiary/aromatic N) is 2. The molecule has 4 nitrogen and oxygen atoms in total. The molecule has 1 aromatic carbocycles. The third-order valence-electron chi connectivity index (χ3n) is 3.14. The van der Waals surface area contributed by atoms with E-state index in [0.717, 1.165) is 31.8 Å². The van der Waals surface area contributed by atoms with Gasteiger partial charge in [-0.1, -0.05) is 0 Å². The SMILES string of the molecule is CCN(CCCN(C)C)c1ccc(N)c(OC(C)C)c1. The molecule has 0 saturated carbocycles. The standard InChI is InChI=1S/C16H29N3O/c1-6-19(11-7-10-18(4)5)14-8-9-15(17)16(12-14)20-13(2)3/h8-9,12-13H,6-7,10-11,17H2,1-5H3. The van der Waals surface area contributed by atoms with Crippen LogP contribution in [0, 0.1) is 0 Å². The lowest BCUT2D eigenvalue weighted by Gasteiger charge is -2.25. The van der Waals surface area contributed by atoms with Crippen molar-refractivity contribution in [3.05, 3.63) is 18.2 Å². The highest BCUT2D eigenvalue weighted by molar-refractivity contribution is 5.62. The van der Waals surface area contributed by atoms with Crippen molar-refractivity contribution >= 4 is 11.4 Å². The number of ether oxygens (including phenoxy) is 1. The van der Waals surface area contributed by atoms with Gasteiger partial charge in [0.05, 0.1) is 11.8 Å². The largest absolute Gasteiger partial charge is 0.489 e. The van der Waals surface area contributed by atoms with Crippen molar-refractivity contribution in [1.82, 2.24) is 4.90 Å². The summed E-state index contributed by atoms with van der Waals surface area (Å²) >= 11 is 0. The van der Waals surface area contributed by atoms with Crippen molar-refractivity contribution in [2.75, 3.05) is 44.4 Å². The zero-order valence-electron chi connectivity index (χ0n) is 13.5. The zero-order chi connectivity index (χ0) is 15.1. The summed E-state index contributed by atoms with van der Waals surface area (Å²) in [5.74, 6) is 0.781. The summed E-state index contributed by atoms with van der Waals surface area (Å²) in [6.45, 7) is 9.33. The maximum Gasteiger partial charge on any atom is 0.144 e. The van der Waals surface area contributed by atoms with Crippen LogP contribution < -0.4 is 15.4 Å². The lowest BCUT2D eigenvalue weighted by Crippen LogP contribution is -2.27. The van der Waals surface area contributed by atoms with Crippen LogP contribution in [0.2, 0.25) is 0 Å². The van der Waals surface area contributed by atoms with Crippen LogP contribution in [0.5, 0.6) is 5.75 Å². The second kappa shape index (κ2) is 8.00. The molecule has 0 unspecified atom stereocenters. The van der Waals surface area contributed by atoms with Crippen LogP contribution in [0.1, 0.15) is 27.2 Å². The van der Waals surface area contributed by atoms with Crippen molar-refractivity contribution < 1.29 is 4.74 Å². The molecule has 0 radical (unpaired) electrons. The molecule has 0 aromatic heterocycles. The number of anilines is 2. The fourth-order valence-electron chi connectivity index (χ4n) is 2.12. The topological polar surface area (TPSA) is 41.7 Å². The van der Waals surface area contributed by atoms with E-state index in [9.17, 15) is 0 Å². The molecule has 2 N–H and O–H groups in total. The van der Waals surface area contributed by atoms with E-state index in [4.69, 9.17) is 10.5 Å². The van der Waals surface area contributed by atoms with E-state index < -0.39 is 0 Å². The van der Waals surface area contributed by atoms with Gasteiger partial charge in [0, 0.05) is 24.8 Å². The smallest absolute Gasteiger partial charge is 0.144 e. The van der Waals surface area contributed by atoms with E-state index in [1.54, 1.807) is 0 Å². The van der Waals surface area contributed by atoms with Crippen molar-refractivity contribution in [2.24, 2.45) is 0 Å². The van der Waals surface area contributed by atoms with Crippen molar-refractivity contribution in [3.63, 3.8) is 0 Å². The van der Waals surface area contributed by atoms with Gasteiger partial charge in [-0.25, -0.2) is 0 Å². The molecule has 20 heavy (non-hydrogen) atoms. The predicted octanol–water partition coefficient (Wildman–Crippen LogP) is 2.83. The number of nitrogens with two attached hydrogens (primary N) is 1. The van der Waals surface area contributed by atoms with Gasteiger partial charge in [0.1, 0.15) is 5.75 Å². The zero-order valence-corrected chi connectivity index (χ0v) is 13.5. The first-order valence-electron chi connectivity index (χ1n) is 7.40. The summed E-state index contributed by atoms with van der Waals surface area (Å²) in [6, 6.07) is 6.05. The molecular formula is C16H29N3O. The Morgan fingerprint density at radius 1 is 1.20 bits per heavy atom. The van der Waals surface area contributed by atoms with Crippen LogP contribution in [0.15, 0.2) is 18.2 Å². The molecule has 0 aliphatic heterocycles. The first-order chi connectivity index (χ1) is 9.43. The highest BCUT2D eigenvalue weighted by atomic mass is 16.5. The fourth-order valence-corrected chi connectivity index (χ4v) is 2.12. The molecule has 1 rings (SSSR count). The van der Waals surface area contributed by atoms with Gasteiger partial charge in [-0.05, 0) is 60.0 Å². The van der Waals surface area contributed by atoms with Crippen LogP contribution in [-0.4, -0.2) is 44.7 Å². The lowest BCUT2D eigenvalue weighted by atomic mass is 10.2. The summed E-state index contributed by atoms with van der Waals surface area (Å²) in [5, 5.41) is 0. The first-order valence-corrected chi connectivity index (χ1v) is 7.40. The molecule has 0 bridgehead atoms. The van der Waals surface area contributed by atoms with E-state index in [2.05, 4.69) is 43.0 Å². The maximum absolute atomic E-state index is 5.97. The second-order valence-electron chi connectivity index (χ2n) is 5.63. The Kier molecular flexibility index (Phi) is 6.65. The van der Waals surface area contributed by atoms with Gasteiger partial charge in [-0.3, -0.25) is 0 Å². The van der Waals surface area contributed by atoms with Crippen molar-refractivity contribution in [1.29, 1.82) is 0 Å². The molecule has 4 heteroatoms. The first kappa shape index (κ1) is 16.6. The minimum Gasteiger partial charge on any atom is -0.489 e. The van der Waals surface area contributed by atoms with E-state index in [-0.39, 0.29) is 6.10 Å². The van der Waals surface area contributed by atoms with Crippen LogP contribution in [-0.2, 0) is 0 Å². The number of nitrogen functional groups attached to an aromatic ring is 1. The average molecular weight is 279 g/mol. The normalized spacial score (nSPS) is 11.2. The molecular weight excluding hydrogens is 250 g/mol. The third-order valence-corrected chi connectivity index (χ3v) is 3.14. The lowest BCUT2D eigenvalue weighted by molar-refractivity contribution is 0.244. The summed E-state index contributed by atoms with van der Waals surface area (Å²) in [4.78, 5) is 4.57. The Balaban J connectivity index is 2.76. The van der Waals surface area contributed by atoms with Gasteiger partial charge in [-0.2, -0.15) is 0 Å². The Morgan fingerprint density at radius 3 is 2.45 bits per heavy atom. The second-order valence-corrected chi connectivity index (χ2v) is 5.63. The quantitative estimate of drug-likeness (QED) is 0.743. The van der Waals surface area contributed by atoms with Gasteiger partial charge in [0.25, 0.3) is 0 Å². The van der Waals surface area contributed by atoms with Crippen LogP contribution in [0.3, 0.4) is 0 Å². The van der Waals surface area contributed by atoms with E-state index in [0.29, 0.717) is 5.69 Å². The molecule has 0 spiro atoms. The fraction of sp³-hybridized carbons (Fsp3) is 0.625. The van der Waals surface area contributed by atoms with Crippen molar-refractivity contribution in [3.8, 4) is 5.75 Å². The molecule has 0 atom stereocenters. The molecule has 1 aromatic rings. The van der Waals surface area contributed by atoms with Gasteiger partial charge in [0.2, 0.25) is 0 Å². The maximum atomic E-state index is 5.97. The minimum atomic E-state index is 0.136. The Hall–Kier alpha value is -1.42. The molecule has 0 fully saturated rings. The molecule has 0 aliphatic rings. The Bertz CT molecular complexity index is 405. The number of benzene rings is 1. The minimum absolute atomic E-state index is 0.136. The molecule has 0 heterocycles. The van der Waals surface area contributed by atoms with Gasteiger partial charge in [0.15, 0.2) is 0 Å². The van der Waals surface area contributed by atoms with Gasteiger partial charge < -0.3 is 20.3 Å². The number of hydrogen-bond donors (Lipinski definition) is 1. The molecule has 114 valence electrons. The summed E-state index contributed by atoms with van der Waals surface area (Å²) < 4.78 is 5.76. The molecule has 0 saturated heterocycles. The van der Waals surface area contributed by atoms with Crippen LogP contribution in [0.4, 0.5) is 11.4 Å². The highest BCUT2D eigenvalue weighted by Crippen LogP contribution is 2.28. The van der Waals surface area contributed by atoms with Crippen LogP contribution in [0.25, 0.3) is 0 Å². The van der Waals surface area contributed by atoms with Crippen molar-refractivity contribution in [2.45, 2.75) is 33.3 Å². The number of rotatable bonds is 8. The average Bonchev–Trinajstić information content (AvgIpc) is 2.37. The summed E-state index contributed by atoms with van der Waals surface area (Å²) in [6.07, 6.45) is 1.28. The van der Waals surface area contributed by atoms with E-state index in [1.807, 2.05) is 19.9 Å². The van der Waals surface area contributed by atoms with Gasteiger partial charge >= 0.3 is 0 Å². The third kappa shape index (κ3) is 5.29. The Labute approximate surface area is 123 Å². The number of hydrogen-bond acceptors (Lipinski definition) is 4. The monoisotopic (exact) mass is 279 g/mol. The van der Waals surface area contributed by atoms with Crippen LogP contribution >= 0.6 is 0 Å². The molecule has 0 aliphatic carbocycles. The van der Waals surface area contributed by atoms with E-state index >= 15 is 0 Å². The highest BCUT2D eigenvalue weighted by Gasteiger charge is 2.09. The Morgan fingerprint density at radius 2 is 1.90 bits per heavy atom. The molecule has 0 amide bonds.